The van der Waals surface area contributed by atoms with Crippen molar-refractivity contribution in [1.29, 1.82) is 0 Å². The Bertz CT molecular complexity index is 588. The molecule has 1 saturated heterocycles. The van der Waals surface area contributed by atoms with Crippen molar-refractivity contribution < 1.29 is 22.7 Å². The van der Waals surface area contributed by atoms with Gasteiger partial charge in [0.2, 0.25) is 0 Å². The number of carboxylic acid groups (broad SMARTS) is 1. The van der Waals surface area contributed by atoms with Crippen molar-refractivity contribution in [3.63, 3.8) is 0 Å². The van der Waals surface area contributed by atoms with Crippen LogP contribution >= 0.6 is 0 Å². The highest BCUT2D eigenvalue weighted by Gasteiger charge is 2.29. The fourth-order valence-electron chi connectivity index (χ4n) is 1.82. The molecule has 0 saturated carbocycles. The molecule has 6 nitrogen and oxygen atoms in total. The number of hydrogen-bond donors (Lipinski definition) is 2. The minimum Gasteiger partial charge on any atom is -0.478 e. The normalized spacial score (nSPS) is 21.7. The van der Waals surface area contributed by atoms with E-state index in [9.17, 15) is 17.6 Å². The molecule has 1 aromatic rings. The van der Waals surface area contributed by atoms with Gasteiger partial charge in [0.15, 0.2) is 9.84 Å². The molecule has 0 spiro atoms. The molecule has 0 bridgehead atoms. The van der Waals surface area contributed by atoms with Crippen LogP contribution in [0.15, 0.2) is 12.3 Å². The van der Waals surface area contributed by atoms with E-state index in [2.05, 4.69) is 10.3 Å². The number of anilines is 1. The van der Waals surface area contributed by atoms with Crippen LogP contribution in [0.5, 0.6) is 0 Å². The number of sulfone groups is 1. The minimum absolute atomic E-state index is 0.00833. The third kappa shape index (κ3) is 2.76. The van der Waals surface area contributed by atoms with Crippen LogP contribution in [0, 0.1) is 5.82 Å². The summed E-state index contributed by atoms with van der Waals surface area (Å²) >= 11 is 0. The highest BCUT2D eigenvalue weighted by Crippen LogP contribution is 2.19. The van der Waals surface area contributed by atoms with E-state index in [-0.39, 0.29) is 28.9 Å². The monoisotopic (exact) mass is 274 g/mol. The molecule has 1 fully saturated rings. The molecule has 0 aliphatic carbocycles. The Morgan fingerprint density at radius 2 is 2.28 bits per heavy atom. The molecule has 98 valence electrons. The van der Waals surface area contributed by atoms with Crippen LogP contribution in [-0.2, 0) is 9.84 Å². The first kappa shape index (κ1) is 12.7. The van der Waals surface area contributed by atoms with Gasteiger partial charge in [0.25, 0.3) is 0 Å². The number of hydrogen-bond acceptors (Lipinski definition) is 5. The lowest BCUT2D eigenvalue weighted by Gasteiger charge is -2.13. The van der Waals surface area contributed by atoms with Gasteiger partial charge < -0.3 is 10.4 Å². The molecular formula is C10H11FN2O4S. The standard InChI is InChI=1S/C10H11FN2O4S/c11-6-3-8(10(14)15)9(12-4-6)13-7-1-2-18(16,17)5-7/h3-4,7H,1-2,5H2,(H,12,13)(H,14,15). The largest absolute Gasteiger partial charge is 0.478 e. The van der Waals surface area contributed by atoms with Crippen LogP contribution in [0.2, 0.25) is 0 Å². The van der Waals surface area contributed by atoms with Gasteiger partial charge in [0.05, 0.1) is 17.7 Å². The molecule has 2 heterocycles. The smallest absolute Gasteiger partial charge is 0.339 e. The van der Waals surface area contributed by atoms with Gasteiger partial charge in [-0.05, 0) is 12.5 Å². The third-order valence-corrected chi connectivity index (χ3v) is 4.43. The van der Waals surface area contributed by atoms with E-state index in [1.807, 2.05) is 0 Å². The molecule has 18 heavy (non-hydrogen) atoms. The fourth-order valence-corrected chi connectivity index (χ4v) is 3.49. The Morgan fingerprint density at radius 3 is 2.83 bits per heavy atom. The van der Waals surface area contributed by atoms with Gasteiger partial charge in [-0.1, -0.05) is 0 Å². The Balaban J connectivity index is 2.22. The molecule has 0 amide bonds. The van der Waals surface area contributed by atoms with Gasteiger partial charge in [-0.25, -0.2) is 22.6 Å². The average molecular weight is 274 g/mol. The van der Waals surface area contributed by atoms with Gasteiger partial charge in [0.1, 0.15) is 17.2 Å². The first-order chi connectivity index (χ1) is 8.37. The maximum atomic E-state index is 12.9. The summed E-state index contributed by atoms with van der Waals surface area (Å²) in [7, 11) is -3.07. The van der Waals surface area contributed by atoms with Gasteiger partial charge in [-0.15, -0.1) is 0 Å². The summed E-state index contributed by atoms with van der Waals surface area (Å²) < 4.78 is 35.4. The molecular weight excluding hydrogens is 263 g/mol. The third-order valence-electron chi connectivity index (χ3n) is 2.66. The van der Waals surface area contributed by atoms with Crippen molar-refractivity contribution in [1.82, 2.24) is 4.98 Å². The van der Waals surface area contributed by atoms with E-state index in [1.165, 1.54) is 0 Å². The van der Waals surface area contributed by atoms with E-state index in [0.29, 0.717) is 6.42 Å². The number of aromatic nitrogens is 1. The quantitative estimate of drug-likeness (QED) is 0.834. The van der Waals surface area contributed by atoms with E-state index in [1.54, 1.807) is 0 Å². The number of nitrogens with zero attached hydrogens (tertiary/aromatic N) is 1. The number of pyridine rings is 1. The van der Waals surface area contributed by atoms with E-state index < -0.39 is 21.6 Å². The zero-order chi connectivity index (χ0) is 13.3. The van der Waals surface area contributed by atoms with E-state index >= 15 is 0 Å². The van der Waals surface area contributed by atoms with Crippen molar-refractivity contribution in [2.24, 2.45) is 0 Å². The number of rotatable bonds is 3. The van der Waals surface area contributed by atoms with Crippen molar-refractivity contribution in [2.75, 3.05) is 16.8 Å². The first-order valence-electron chi connectivity index (χ1n) is 5.23. The maximum Gasteiger partial charge on any atom is 0.339 e. The van der Waals surface area contributed by atoms with Crippen molar-refractivity contribution >= 4 is 21.6 Å². The Hall–Kier alpha value is -1.70. The molecule has 1 unspecified atom stereocenters. The molecule has 8 heteroatoms. The summed E-state index contributed by atoms with van der Waals surface area (Å²) in [4.78, 5) is 14.6. The van der Waals surface area contributed by atoms with E-state index in [0.717, 1.165) is 12.3 Å². The van der Waals surface area contributed by atoms with Crippen LogP contribution in [0.25, 0.3) is 0 Å². The first-order valence-corrected chi connectivity index (χ1v) is 7.05. The SMILES string of the molecule is O=C(O)c1cc(F)cnc1NC1CCS(=O)(=O)C1. The van der Waals surface area contributed by atoms with Crippen LogP contribution < -0.4 is 5.32 Å². The Kier molecular flexibility index (Phi) is 3.20. The second kappa shape index (κ2) is 4.52. The Morgan fingerprint density at radius 1 is 1.56 bits per heavy atom. The summed E-state index contributed by atoms with van der Waals surface area (Å²) in [6.45, 7) is 0. The second-order valence-electron chi connectivity index (χ2n) is 4.10. The van der Waals surface area contributed by atoms with Crippen LogP contribution in [0.4, 0.5) is 10.2 Å². The van der Waals surface area contributed by atoms with Gasteiger partial charge in [-0.2, -0.15) is 0 Å². The zero-order valence-electron chi connectivity index (χ0n) is 9.26. The molecule has 2 rings (SSSR count). The fraction of sp³-hybridized carbons (Fsp3) is 0.400. The molecule has 2 N–H and O–H groups in total. The zero-order valence-corrected chi connectivity index (χ0v) is 10.1. The van der Waals surface area contributed by atoms with Gasteiger partial charge in [0, 0.05) is 6.04 Å². The molecule has 1 aliphatic rings. The number of carbonyl (C=O) groups is 1. The lowest BCUT2D eigenvalue weighted by atomic mass is 10.2. The molecule has 0 radical (unpaired) electrons. The van der Waals surface area contributed by atoms with E-state index in [4.69, 9.17) is 5.11 Å². The van der Waals surface area contributed by atoms with Crippen LogP contribution in [-0.4, -0.2) is 42.0 Å². The average Bonchev–Trinajstić information content (AvgIpc) is 2.60. The minimum atomic E-state index is -3.07. The summed E-state index contributed by atoms with van der Waals surface area (Å²) in [5.41, 5.74) is -0.306. The molecule has 1 aliphatic heterocycles. The van der Waals surface area contributed by atoms with Gasteiger partial charge >= 0.3 is 5.97 Å². The maximum absolute atomic E-state index is 12.9. The lowest BCUT2D eigenvalue weighted by molar-refractivity contribution is 0.0697. The second-order valence-corrected chi connectivity index (χ2v) is 6.33. The molecule has 1 aromatic heterocycles. The van der Waals surface area contributed by atoms with Crippen LogP contribution in [0.1, 0.15) is 16.8 Å². The van der Waals surface area contributed by atoms with Gasteiger partial charge in [-0.3, -0.25) is 0 Å². The van der Waals surface area contributed by atoms with Crippen molar-refractivity contribution in [2.45, 2.75) is 12.5 Å². The highest BCUT2D eigenvalue weighted by molar-refractivity contribution is 7.91. The Labute approximate surface area is 103 Å². The highest BCUT2D eigenvalue weighted by atomic mass is 32.2. The lowest BCUT2D eigenvalue weighted by Crippen LogP contribution is -2.23. The van der Waals surface area contributed by atoms with Crippen LogP contribution in [0.3, 0.4) is 0 Å². The van der Waals surface area contributed by atoms with Crippen molar-refractivity contribution in [3.8, 4) is 0 Å². The topological polar surface area (TPSA) is 96.4 Å². The summed E-state index contributed by atoms with van der Waals surface area (Å²) in [6.07, 6.45) is 1.28. The summed E-state index contributed by atoms with van der Waals surface area (Å²) in [6, 6.07) is 0.465. The number of carboxylic acids is 1. The predicted molar refractivity (Wildman–Crippen MR) is 61.8 cm³/mol. The number of halogens is 1. The number of nitrogens with one attached hydrogen (secondary N) is 1. The summed E-state index contributed by atoms with van der Waals surface area (Å²) in [5.74, 6) is -2.08. The molecule has 0 aromatic carbocycles. The predicted octanol–water partition coefficient (Wildman–Crippen LogP) is 0.518. The number of aromatic carboxylic acids is 1. The summed E-state index contributed by atoms with van der Waals surface area (Å²) in [5, 5.41) is 11.6. The van der Waals surface area contributed by atoms with Crippen molar-refractivity contribution in [3.05, 3.63) is 23.6 Å². The molecule has 1 atom stereocenters.